The highest BCUT2D eigenvalue weighted by atomic mass is 19.1. The van der Waals surface area contributed by atoms with Crippen LogP contribution in [0.15, 0.2) is 97.2 Å². The number of aromatic hydroxyl groups is 1. The first-order chi connectivity index (χ1) is 21.9. The van der Waals surface area contributed by atoms with Crippen LogP contribution >= 0.6 is 0 Å². The zero-order valence-corrected chi connectivity index (χ0v) is 23.8. The van der Waals surface area contributed by atoms with Crippen LogP contribution in [0.5, 0.6) is 5.75 Å². The Morgan fingerprint density at radius 3 is 2.47 bits per heavy atom. The fourth-order valence-electron chi connectivity index (χ4n) is 5.12. The molecule has 6 rings (SSSR count). The molecule has 3 aromatic heterocycles. The molecule has 0 saturated heterocycles. The summed E-state index contributed by atoms with van der Waals surface area (Å²) in [6, 6.07) is 26.0. The summed E-state index contributed by atoms with van der Waals surface area (Å²) in [5.41, 5.74) is 10.8. The van der Waals surface area contributed by atoms with Crippen molar-refractivity contribution in [3.63, 3.8) is 0 Å². The van der Waals surface area contributed by atoms with Gasteiger partial charge in [-0.3, -0.25) is 14.2 Å². The molecule has 0 spiro atoms. The number of fused-ring (bicyclic) bond motifs is 1. The summed E-state index contributed by atoms with van der Waals surface area (Å²) in [6.07, 6.45) is 1.53. The van der Waals surface area contributed by atoms with E-state index in [0.717, 1.165) is 11.3 Å². The lowest BCUT2D eigenvalue weighted by Gasteiger charge is -2.18. The number of anilines is 1. The number of aliphatic hydroxyl groups is 1. The number of nitrogens with one attached hydrogen (secondary N) is 1. The number of nitrogens with zero attached hydrogens (tertiary/aromatic N) is 4. The van der Waals surface area contributed by atoms with Gasteiger partial charge in [0.2, 0.25) is 5.91 Å². The molecule has 224 valence electrons. The van der Waals surface area contributed by atoms with Crippen molar-refractivity contribution in [3.8, 4) is 34.1 Å². The molecule has 3 aromatic carbocycles. The van der Waals surface area contributed by atoms with Gasteiger partial charge in [-0.15, -0.1) is 0 Å². The molecule has 3 heterocycles. The predicted octanol–water partition coefficient (Wildman–Crippen LogP) is 4.78. The summed E-state index contributed by atoms with van der Waals surface area (Å²) >= 11 is 0. The number of rotatable bonds is 9. The lowest BCUT2D eigenvalue weighted by molar-refractivity contribution is -0.121. The van der Waals surface area contributed by atoms with E-state index in [4.69, 9.17) is 15.7 Å². The number of carbonyl (C=O) groups excluding carboxylic acids is 2. The van der Waals surface area contributed by atoms with E-state index >= 15 is 0 Å². The maximum Gasteiger partial charge on any atom is 0.225 e. The number of amides is 1. The molecule has 10 nitrogen and oxygen atoms in total. The monoisotopic (exact) mass is 602 g/mol. The van der Waals surface area contributed by atoms with Crippen molar-refractivity contribution in [2.45, 2.75) is 12.5 Å². The van der Waals surface area contributed by atoms with E-state index in [1.807, 2.05) is 65.2 Å². The van der Waals surface area contributed by atoms with Crippen LogP contribution in [0.4, 0.5) is 10.2 Å². The van der Waals surface area contributed by atoms with Gasteiger partial charge >= 0.3 is 0 Å². The minimum Gasteiger partial charge on any atom is -0.504 e. The largest absolute Gasteiger partial charge is 0.504 e. The first-order valence-corrected chi connectivity index (χ1v) is 14.0. The molecule has 45 heavy (non-hydrogen) atoms. The molecule has 0 bridgehead atoms. The predicted molar refractivity (Wildman–Crippen MR) is 167 cm³/mol. The number of nitrogen functional groups attached to an aromatic ring is 1. The third kappa shape index (κ3) is 5.71. The standard InChI is InChI=1S/C34H27FN6O4/c35-30-22(8-9-23(18-42)31(30)45)17-29(44)38-28(19-43)21-10-12-24(13-11-21)41-33(25-7-4-16-37-32(25)36)40-27-15-14-26(39-34(27)41)20-5-2-1-3-6-20/h1-16,18,28,43,45H,17,19H2,(H2,36,37)(H,38,44). The van der Waals surface area contributed by atoms with Crippen molar-refractivity contribution in [2.75, 3.05) is 12.3 Å². The molecule has 0 radical (unpaired) electrons. The van der Waals surface area contributed by atoms with Crippen LogP contribution < -0.4 is 11.1 Å². The van der Waals surface area contributed by atoms with Gasteiger partial charge in [-0.2, -0.15) is 0 Å². The highest BCUT2D eigenvalue weighted by Crippen LogP contribution is 2.32. The highest BCUT2D eigenvalue weighted by molar-refractivity contribution is 5.85. The highest BCUT2D eigenvalue weighted by Gasteiger charge is 2.21. The average Bonchev–Trinajstić information content (AvgIpc) is 3.45. The van der Waals surface area contributed by atoms with Crippen LogP contribution in [-0.4, -0.2) is 48.5 Å². The van der Waals surface area contributed by atoms with Crippen LogP contribution in [0.1, 0.15) is 27.5 Å². The molecule has 11 heteroatoms. The van der Waals surface area contributed by atoms with Gasteiger partial charge in [-0.25, -0.2) is 19.3 Å². The van der Waals surface area contributed by atoms with Crippen LogP contribution in [-0.2, 0) is 11.2 Å². The maximum atomic E-state index is 14.5. The van der Waals surface area contributed by atoms with Gasteiger partial charge in [0.1, 0.15) is 11.3 Å². The molecular weight excluding hydrogens is 575 g/mol. The Bertz CT molecular complexity index is 2030. The maximum absolute atomic E-state index is 14.5. The van der Waals surface area contributed by atoms with E-state index in [0.29, 0.717) is 45.9 Å². The van der Waals surface area contributed by atoms with Crippen LogP contribution in [0.3, 0.4) is 0 Å². The zero-order valence-electron chi connectivity index (χ0n) is 23.8. The Kier molecular flexibility index (Phi) is 8.00. The van der Waals surface area contributed by atoms with Gasteiger partial charge in [0, 0.05) is 23.0 Å². The number of phenols is 1. The fraction of sp³-hybridized carbons (Fsp3) is 0.0882. The summed E-state index contributed by atoms with van der Waals surface area (Å²) in [6.45, 7) is -0.420. The van der Waals surface area contributed by atoms with E-state index in [1.165, 1.54) is 12.1 Å². The van der Waals surface area contributed by atoms with Crippen molar-refractivity contribution >= 4 is 29.2 Å². The van der Waals surface area contributed by atoms with E-state index in [9.17, 15) is 24.2 Å². The first kappa shape index (κ1) is 29.1. The van der Waals surface area contributed by atoms with Crippen LogP contribution in [0, 0.1) is 5.82 Å². The number of benzene rings is 3. The van der Waals surface area contributed by atoms with Crippen LogP contribution in [0.25, 0.3) is 39.5 Å². The number of phenolic OH excluding ortho intramolecular Hbond substituents is 1. The van der Waals surface area contributed by atoms with E-state index in [1.54, 1.807) is 24.4 Å². The molecule has 6 aromatic rings. The third-order valence-electron chi connectivity index (χ3n) is 7.43. The summed E-state index contributed by atoms with van der Waals surface area (Å²) in [5.74, 6) is -1.58. The molecule has 0 saturated carbocycles. The van der Waals surface area contributed by atoms with Gasteiger partial charge in [0.25, 0.3) is 0 Å². The van der Waals surface area contributed by atoms with Gasteiger partial charge in [0.05, 0.1) is 35.9 Å². The number of hydrogen-bond acceptors (Lipinski definition) is 8. The van der Waals surface area contributed by atoms with E-state index in [-0.39, 0.29) is 11.1 Å². The second-order valence-electron chi connectivity index (χ2n) is 10.3. The third-order valence-corrected chi connectivity index (χ3v) is 7.43. The average molecular weight is 603 g/mol. The van der Waals surface area contributed by atoms with E-state index in [2.05, 4.69) is 10.3 Å². The van der Waals surface area contributed by atoms with Crippen molar-refractivity contribution in [1.82, 2.24) is 24.8 Å². The Morgan fingerprint density at radius 2 is 1.76 bits per heavy atom. The Balaban J connectivity index is 1.34. The molecule has 1 unspecified atom stereocenters. The van der Waals surface area contributed by atoms with Gasteiger partial charge in [-0.1, -0.05) is 48.5 Å². The lowest BCUT2D eigenvalue weighted by Crippen LogP contribution is -2.32. The number of nitrogens with two attached hydrogens (primary N) is 1. The SMILES string of the molecule is Nc1ncccc1-c1nc2ccc(-c3ccccc3)nc2n1-c1ccc(C(CO)NC(=O)Cc2ccc(C=O)c(O)c2F)cc1. The lowest BCUT2D eigenvalue weighted by atomic mass is 10.0. The van der Waals surface area contributed by atoms with Crippen molar-refractivity contribution in [2.24, 2.45) is 0 Å². The molecule has 5 N–H and O–H groups in total. The number of aliphatic hydroxyl groups excluding tert-OH is 1. The number of aromatic nitrogens is 4. The second-order valence-corrected chi connectivity index (χ2v) is 10.3. The quantitative estimate of drug-likeness (QED) is 0.172. The van der Waals surface area contributed by atoms with Crippen LogP contribution in [0.2, 0.25) is 0 Å². The number of pyridine rings is 2. The second kappa shape index (κ2) is 12.3. The molecule has 1 amide bonds. The molecule has 0 aliphatic heterocycles. The summed E-state index contributed by atoms with van der Waals surface area (Å²) in [4.78, 5) is 37.8. The smallest absolute Gasteiger partial charge is 0.225 e. The first-order valence-electron chi connectivity index (χ1n) is 14.0. The van der Waals surface area contributed by atoms with Gasteiger partial charge in [-0.05, 0) is 48.0 Å². The Morgan fingerprint density at radius 1 is 0.978 bits per heavy atom. The number of carbonyl (C=O) groups is 2. The van der Waals surface area contributed by atoms with Crippen molar-refractivity contribution < 1.29 is 24.2 Å². The fourth-order valence-corrected chi connectivity index (χ4v) is 5.12. The molecule has 0 aliphatic rings. The summed E-state index contributed by atoms with van der Waals surface area (Å²) < 4.78 is 16.4. The molecule has 1 atom stereocenters. The summed E-state index contributed by atoms with van der Waals surface area (Å²) in [5, 5.41) is 22.7. The Labute approximate surface area is 256 Å². The van der Waals surface area contributed by atoms with E-state index < -0.39 is 36.5 Å². The number of halogens is 1. The summed E-state index contributed by atoms with van der Waals surface area (Å²) in [7, 11) is 0. The topological polar surface area (TPSA) is 156 Å². The molecular formula is C34H27FN6O4. The molecule has 0 aliphatic carbocycles. The minimum atomic E-state index is -1.04. The molecule has 0 fully saturated rings. The van der Waals surface area contributed by atoms with Gasteiger partial charge < -0.3 is 21.3 Å². The number of imidazole rings is 1. The number of aldehydes is 1. The zero-order chi connectivity index (χ0) is 31.5. The van der Waals surface area contributed by atoms with Crippen molar-refractivity contribution in [1.29, 1.82) is 0 Å². The van der Waals surface area contributed by atoms with Gasteiger partial charge in [0.15, 0.2) is 29.3 Å². The number of hydrogen-bond donors (Lipinski definition) is 4. The minimum absolute atomic E-state index is 0.0841. The van der Waals surface area contributed by atoms with Crippen molar-refractivity contribution in [3.05, 3.63) is 120 Å². The Hall–Kier alpha value is -5.94. The normalized spacial score (nSPS) is 11.8.